The van der Waals surface area contributed by atoms with Gasteiger partial charge < -0.3 is 10.8 Å². The third-order valence-electron chi connectivity index (χ3n) is 3.31. The topological polar surface area (TPSA) is 49.5 Å². The molecule has 0 bridgehead atoms. The summed E-state index contributed by atoms with van der Waals surface area (Å²) >= 11 is 1.73. The average molecular weight is 264 g/mol. The molecule has 4 heteroatoms. The maximum Gasteiger partial charge on any atom is 0.0772 e. The smallest absolute Gasteiger partial charge is 0.0772 e. The molecule has 3 N–H and O–H groups in total. The van der Waals surface area contributed by atoms with Gasteiger partial charge >= 0.3 is 0 Å². The second-order valence-corrected chi connectivity index (χ2v) is 5.72. The summed E-state index contributed by atoms with van der Waals surface area (Å²) in [5.41, 5.74) is 5.36. The van der Waals surface area contributed by atoms with Gasteiger partial charge in [0.1, 0.15) is 0 Å². The highest BCUT2D eigenvalue weighted by Gasteiger charge is 2.24. The molecule has 18 heavy (non-hydrogen) atoms. The molecule has 1 fully saturated rings. The van der Waals surface area contributed by atoms with Crippen molar-refractivity contribution < 1.29 is 5.11 Å². The maximum atomic E-state index is 9.13. The van der Waals surface area contributed by atoms with Crippen molar-refractivity contribution in [1.82, 2.24) is 4.90 Å². The van der Waals surface area contributed by atoms with E-state index in [0.29, 0.717) is 12.6 Å². The molecular formula is C14H20N2OS. The van der Waals surface area contributed by atoms with Gasteiger partial charge in [0.2, 0.25) is 0 Å². The van der Waals surface area contributed by atoms with Crippen LogP contribution in [0.25, 0.3) is 0 Å². The lowest BCUT2D eigenvalue weighted by molar-refractivity contribution is 0.0955. The first-order valence-electron chi connectivity index (χ1n) is 6.46. The second-order valence-electron chi connectivity index (χ2n) is 4.55. The van der Waals surface area contributed by atoms with Crippen molar-refractivity contribution in [1.29, 1.82) is 0 Å². The van der Waals surface area contributed by atoms with Crippen LogP contribution in [0.15, 0.2) is 12.1 Å². The Bertz CT molecular complexity index is 428. The van der Waals surface area contributed by atoms with Gasteiger partial charge in [-0.15, -0.1) is 11.3 Å². The highest BCUT2D eigenvalue weighted by atomic mass is 32.1. The largest absolute Gasteiger partial charge is 0.395 e. The highest BCUT2D eigenvalue weighted by Crippen LogP contribution is 2.27. The van der Waals surface area contributed by atoms with Gasteiger partial charge in [-0.2, -0.15) is 0 Å². The first kappa shape index (κ1) is 13.6. The third-order valence-corrected chi connectivity index (χ3v) is 4.30. The van der Waals surface area contributed by atoms with Gasteiger partial charge in [0.15, 0.2) is 0 Å². The minimum absolute atomic E-state index is 0.238. The van der Waals surface area contributed by atoms with Crippen LogP contribution in [-0.4, -0.2) is 35.7 Å². The molecule has 0 aromatic carbocycles. The molecule has 1 aliphatic carbocycles. The number of aliphatic hydroxyl groups is 1. The molecule has 0 saturated heterocycles. The Morgan fingerprint density at radius 3 is 2.89 bits per heavy atom. The normalized spacial score (nSPS) is 15.3. The number of hydrogen-bond donors (Lipinski definition) is 2. The van der Waals surface area contributed by atoms with Crippen molar-refractivity contribution >= 4 is 11.3 Å². The number of rotatable bonds is 5. The van der Waals surface area contributed by atoms with Crippen molar-refractivity contribution in [2.24, 2.45) is 5.73 Å². The molecule has 0 unspecified atom stereocenters. The van der Waals surface area contributed by atoms with Crippen molar-refractivity contribution in [2.75, 3.05) is 19.7 Å². The maximum absolute atomic E-state index is 9.13. The molecule has 1 heterocycles. The van der Waals surface area contributed by atoms with Crippen molar-refractivity contribution in [3.05, 3.63) is 21.9 Å². The molecule has 2 rings (SSSR count). The van der Waals surface area contributed by atoms with Crippen molar-refractivity contribution in [3.8, 4) is 11.8 Å². The molecule has 98 valence electrons. The molecule has 1 aliphatic rings. The van der Waals surface area contributed by atoms with E-state index < -0.39 is 0 Å². The van der Waals surface area contributed by atoms with Crippen LogP contribution in [0.4, 0.5) is 0 Å². The first-order chi connectivity index (χ1) is 8.83. The Hall–Kier alpha value is -0.860. The van der Waals surface area contributed by atoms with Crippen LogP contribution in [0.3, 0.4) is 0 Å². The molecule has 0 aliphatic heterocycles. The van der Waals surface area contributed by atoms with E-state index in [0.717, 1.165) is 18.0 Å². The van der Waals surface area contributed by atoms with Gasteiger partial charge in [-0.05, 0) is 25.0 Å². The number of hydrogen-bond acceptors (Lipinski definition) is 4. The Labute approximate surface area is 113 Å². The van der Waals surface area contributed by atoms with Crippen LogP contribution in [0.2, 0.25) is 0 Å². The zero-order valence-electron chi connectivity index (χ0n) is 10.6. The lowest BCUT2D eigenvalue weighted by Gasteiger charge is -2.36. The standard InChI is InChI=1S/C14H20N2OS/c15-8-2-5-13-6-7-14(18-13)11-16(9-10-17)12-3-1-4-12/h6-7,12,17H,1,3-4,8-11,15H2. The zero-order chi connectivity index (χ0) is 12.8. The first-order valence-corrected chi connectivity index (χ1v) is 7.27. The van der Waals surface area contributed by atoms with Gasteiger partial charge in [0.05, 0.1) is 18.0 Å². The molecule has 0 atom stereocenters. The summed E-state index contributed by atoms with van der Waals surface area (Å²) in [5, 5.41) is 9.13. The third kappa shape index (κ3) is 3.56. The van der Waals surface area contributed by atoms with E-state index in [1.807, 2.05) is 0 Å². The summed E-state index contributed by atoms with van der Waals surface area (Å²) in [6.45, 7) is 2.35. The Morgan fingerprint density at radius 1 is 1.44 bits per heavy atom. The van der Waals surface area contributed by atoms with Crippen LogP contribution in [0.5, 0.6) is 0 Å². The molecule has 0 amide bonds. The number of nitrogens with two attached hydrogens (primary N) is 1. The number of nitrogens with zero attached hydrogens (tertiary/aromatic N) is 1. The summed E-state index contributed by atoms with van der Waals surface area (Å²) in [7, 11) is 0. The van der Waals surface area contributed by atoms with Gasteiger partial charge in [-0.3, -0.25) is 4.90 Å². The fourth-order valence-corrected chi connectivity index (χ4v) is 3.05. The van der Waals surface area contributed by atoms with E-state index in [1.54, 1.807) is 11.3 Å². The van der Waals surface area contributed by atoms with Gasteiger partial charge in [0, 0.05) is 24.0 Å². The lowest BCUT2D eigenvalue weighted by Crippen LogP contribution is -2.41. The number of thiophene rings is 1. The van der Waals surface area contributed by atoms with E-state index in [4.69, 9.17) is 10.8 Å². The number of aliphatic hydroxyl groups excluding tert-OH is 1. The summed E-state index contributed by atoms with van der Waals surface area (Å²) in [6.07, 6.45) is 3.86. The Balaban J connectivity index is 1.95. The highest BCUT2D eigenvalue weighted by molar-refractivity contribution is 7.12. The van der Waals surface area contributed by atoms with Crippen LogP contribution in [0, 0.1) is 11.8 Å². The fraction of sp³-hybridized carbons (Fsp3) is 0.571. The monoisotopic (exact) mass is 264 g/mol. The molecule has 3 nitrogen and oxygen atoms in total. The summed E-state index contributed by atoms with van der Waals surface area (Å²) in [6, 6.07) is 4.85. The Morgan fingerprint density at radius 2 is 2.28 bits per heavy atom. The van der Waals surface area contributed by atoms with E-state index in [2.05, 4.69) is 28.9 Å². The molecule has 1 aromatic heterocycles. The van der Waals surface area contributed by atoms with Gasteiger partial charge in [0.25, 0.3) is 0 Å². The second kappa shape index (κ2) is 6.91. The molecule has 0 spiro atoms. The zero-order valence-corrected chi connectivity index (χ0v) is 11.4. The Kier molecular flexibility index (Phi) is 5.21. The van der Waals surface area contributed by atoms with Crippen LogP contribution < -0.4 is 5.73 Å². The predicted molar refractivity (Wildman–Crippen MR) is 75.4 cm³/mol. The summed E-state index contributed by atoms with van der Waals surface area (Å²) in [5.74, 6) is 5.94. The average Bonchev–Trinajstić information content (AvgIpc) is 2.72. The lowest BCUT2D eigenvalue weighted by atomic mass is 9.91. The van der Waals surface area contributed by atoms with E-state index in [-0.39, 0.29) is 6.61 Å². The molecular weight excluding hydrogens is 244 g/mol. The quantitative estimate of drug-likeness (QED) is 0.791. The van der Waals surface area contributed by atoms with Crippen molar-refractivity contribution in [2.45, 2.75) is 31.8 Å². The van der Waals surface area contributed by atoms with Gasteiger partial charge in [-0.25, -0.2) is 0 Å². The van der Waals surface area contributed by atoms with E-state index in [1.165, 1.54) is 24.1 Å². The van der Waals surface area contributed by atoms with E-state index >= 15 is 0 Å². The molecule has 1 aromatic rings. The van der Waals surface area contributed by atoms with Crippen LogP contribution in [0.1, 0.15) is 29.0 Å². The predicted octanol–water partition coefficient (Wildman–Crippen LogP) is 1.41. The van der Waals surface area contributed by atoms with Crippen molar-refractivity contribution in [3.63, 3.8) is 0 Å². The van der Waals surface area contributed by atoms with E-state index in [9.17, 15) is 0 Å². The van der Waals surface area contributed by atoms with Crippen LogP contribution in [-0.2, 0) is 6.54 Å². The summed E-state index contributed by atoms with van der Waals surface area (Å²) < 4.78 is 0. The minimum atomic E-state index is 0.238. The van der Waals surface area contributed by atoms with Crippen LogP contribution >= 0.6 is 11.3 Å². The fourth-order valence-electron chi connectivity index (χ4n) is 2.14. The van der Waals surface area contributed by atoms with Gasteiger partial charge in [-0.1, -0.05) is 18.3 Å². The SMILES string of the molecule is NCC#Cc1ccc(CN(CCO)C2CCC2)s1. The summed E-state index contributed by atoms with van der Waals surface area (Å²) in [4.78, 5) is 4.78. The minimum Gasteiger partial charge on any atom is -0.395 e. The molecule has 1 saturated carbocycles. The molecule has 0 radical (unpaired) electrons.